The van der Waals surface area contributed by atoms with Crippen LogP contribution in [0.25, 0.3) is 0 Å². The van der Waals surface area contributed by atoms with Gasteiger partial charge in [0.05, 0.1) is 17.4 Å². The van der Waals surface area contributed by atoms with Crippen molar-refractivity contribution in [2.45, 2.75) is 65.0 Å². The van der Waals surface area contributed by atoms with Crippen molar-refractivity contribution >= 4 is 21.6 Å². The van der Waals surface area contributed by atoms with Gasteiger partial charge in [0.1, 0.15) is 12.4 Å². The van der Waals surface area contributed by atoms with E-state index in [0.717, 1.165) is 13.1 Å². The van der Waals surface area contributed by atoms with E-state index in [2.05, 4.69) is 23.5 Å². The molecule has 3 atom stereocenters. The van der Waals surface area contributed by atoms with Gasteiger partial charge in [0.2, 0.25) is 10.0 Å². The molecular formula is C26H43N3O5S. The topological polar surface area (TPSA) is 88.2 Å². The normalized spacial score (nSPS) is 25.8. The number of nitrogens with zero attached hydrogens (tertiary/aromatic N) is 2. The van der Waals surface area contributed by atoms with Crippen LogP contribution in [-0.4, -0.2) is 82.4 Å². The SMILES string of the molecule is CCS(=O)(=O)Nc1ccc2c(c1)C(=O)N(C)C[C@H](OC)[C@H](C)CN(CC1CCCCC1)[C@@H](C)CO2. The second-order valence-corrected chi connectivity index (χ2v) is 12.3. The van der Waals surface area contributed by atoms with E-state index in [4.69, 9.17) is 9.47 Å². The Hall–Kier alpha value is -1.84. The van der Waals surface area contributed by atoms with Crippen LogP contribution >= 0.6 is 0 Å². The van der Waals surface area contributed by atoms with E-state index in [1.54, 1.807) is 44.2 Å². The summed E-state index contributed by atoms with van der Waals surface area (Å²) in [5.74, 6) is 1.13. The number of carbonyl (C=O) groups is 1. The van der Waals surface area contributed by atoms with Crippen LogP contribution in [0.5, 0.6) is 5.75 Å². The number of methoxy groups -OCH3 is 1. The second-order valence-electron chi connectivity index (χ2n) is 10.3. The summed E-state index contributed by atoms with van der Waals surface area (Å²) in [5.41, 5.74) is 0.699. The number of hydrogen-bond acceptors (Lipinski definition) is 6. The lowest BCUT2D eigenvalue weighted by molar-refractivity contribution is 0.00690. The third-order valence-corrected chi connectivity index (χ3v) is 8.75. The van der Waals surface area contributed by atoms with Crippen LogP contribution in [0.2, 0.25) is 0 Å². The minimum atomic E-state index is -3.46. The first-order valence-electron chi connectivity index (χ1n) is 12.9. The van der Waals surface area contributed by atoms with Crippen LogP contribution in [0.4, 0.5) is 5.69 Å². The van der Waals surface area contributed by atoms with Crippen molar-refractivity contribution in [1.82, 2.24) is 9.80 Å². The molecule has 0 spiro atoms. The number of ether oxygens (including phenoxy) is 2. The van der Waals surface area contributed by atoms with E-state index < -0.39 is 10.0 Å². The third-order valence-electron chi connectivity index (χ3n) is 7.44. The predicted octanol–water partition coefficient (Wildman–Crippen LogP) is 3.83. The summed E-state index contributed by atoms with van der Waals surface area (Å²) in [5, 5.41) is 0. The van der Waals surface area contributed by atoms with Gasteiger partial charge in [-0.3, -0.25) is 14.4 Å². The van der Waals surface area contributed by atoms with Crippen LogP contribution in [0.3, 0.4) is 0 Å². The van der Waals surface area contributed by atoms with Gasteiger partial charge in [-0.1, -0.05) is 26.2 Å². The van der Waals surface area contributed by atoms with E-state index >= 15 is 0 Å². The Balaban J connectivity index is 1.91. The van der Waals surface area contributed by atoms with Crippen molar-refractivity contribution < 1.29 is 22.7 Å². The molecule has 1 aromatic rings. The standard InChI is InChI=1S/C26H43N3O5S/c1-6-35(31,32)27-22-12-13-24-23(14-22)26(30)28(4)17-25(33-5)19(2)15-29(20(3)18-34-24)16-21-10-8-7-9-11-21/h12-14,19-21,25,27H,6-11,15-18H2,1-5H3/t19-,20+,25+/m1/s1. The maximum absolute atomic E-state index is 13.4. The lowest BCUT2D eigenvalue weighted by atomic mass is 9.88. The summed E-state index contributed by atoms with van der Waals surface area (Å²) in [7, 11) is -0.00754. The summed E-state index contributed by atoms with van der Waals surface area (Å²) < 4.78 is 38.8. The maximum Gasteiger partial charge on any atom is 0.257 e. The molecule has 0 radical (unpaired) electrons. The minimum absolute atomic E-state index is 0.0455. The van der Waals surface area contributed by atoms with Gasteiger partial charge in [-0.05, 0) is 56.7 Å². The smallest absolute Gasteiger partial charge is 0.257 e. The molecule has 1 saturated carbocycles. The molecule has 8 nitrogen and oxygen atoms in total. The Morgan fingerprint density at radius 1 is 1.14 bits per heavy atom. The molecule has 1 heterocycles. The van der Waals surface area contributed by atoms with E-state index in [-0.39, 0.29) is 29.7 Å². The highest BCUT2D eigenvalue weighted by Crippen LogP contribution is 2.29. The molecule has 35 heavy (non-hydrogen) atoms. The average molecular weight is 510 g/mol. The molecule has 1 amide bonds. The predicted molar refractivity (Wildman–Crippen MR) is 140 cm³/mol. The molecule has 198 valence electrons. The lowest BCUT2D eigenvalue weighted by Gasteiger charge is -2.38. The zero-order chi connectivity index (χ0) is 25.6. The van der Waals surface area contributed by atoms with E-state index in [0.29, 0.717) is 36.1 Å². The molecule has 2 aliphatic rings. The number of anilines is 1. The van der Waals surface area contributed by atoms with Gasteiger partial charge in [-0.15, -0.1) is 0 Å². The summed E-state index contributed by atoms with van der Waals surface area (Å²) in [6.07, 6.45) is 6.40. The first kappa shape index (κ1) is 27.7. The van der Waals surface area contributed by atoms with Gasteiger partial charge >= 0.3 is 0 Å². The first-order chi connectivity index (χ1) is 16.6. The zero-order valence-corrected chi connectivity index (χ0v) is 22.8. The highest BCUT2D eigenvalue weighted by atomic mass is 32.2. The third kappa shape index (κ3) is 7.57. The van der Waals surface area contributed by atoms with Crippen LogP contribution < -0.4 is 9.46 Å². The van der Waals surface area contributed by atoms with Crippen LogP contribution in [-0.2, 0) is 14.8 Å². The van der Waals surface area contributed by atoms with Crippen LogP contribution in [0.1, 0.15) is 63.2 Å². The molecular weight excluding hydrogens is 466 g/mol. The second kappa shape index (κ2) is 12.4. The molecule has 0 saturated heterocycles. The van der Waals surface area contributed by atoms with Gasteiger partial charge in [0, 0.05) is 45.5 Å². The average Bonchev–Trinajstić information content (AvgIpc) is 2.85. The fourth-order valence-electron chi connectivity index (χ4n) is 5.12. The molecule has 1 aliphatic carbocycles. The molecule has 0 aromatic heterocycles. The van der Waals surface area contributed by atoms with Gasteiger partial charge < -0.3 is 14.4 Å². The number of benzene rings is 1. The van der Waals surface area contributed by atoms with Gasteiger partial charge in [0.25, 0.3) is 5.91 Å². The summed E-state index contributed by atoms with van der Waals surface area (Å²) in [6, 6.07) is 5.07. The Bertz CT molecular complexity index is 948. The molecule has 1 N–H and O–H groups in total. The van der Waals surface area contributed by atoms with E-state index in [9.17, 15) is 13.2 Å². The summed E-state index contributed by atoms with van der Waals surface area (Å²) in [4.78, 5) is 17.6. The van der Waals surface area contributed by atoms with Crippen molar-refractivity contribution in [2.75, 3.05) is 50.9 Å². The lowest BCUT2D eigenvalue weighted by Crippen LogP contribution is -2.48. The van der Waals surface area contributed by atoms with Gasteiger partial charge in [-0.2, -0.15) is 0 Å². The fourth-order valence-corrected chi connectivity index (χ4v) is 5.75. The maximum atomic E-state index is 13.4. The molecule has 1 fully saturated rings. The minimum Gasteiger partial charge on any atom is -0.491 e. The van der Waals surface area contributed by atoms with Crippen molar-refractivity contribution in [3.63, 3.8) is 0 Å². The quantitative estimate of drug-likeness (QED) is 0.627. The number of carbonyl (C=O) groups excluding carboxylic acids is 1. The molecule has 0 unspecified atom stereocenters. The zero-order valence-electron chi connectivity index (χ0n) is 22.0. The Labute approximate surface area is 211 Å². The summed E-state index contributed by atoms with van der Waals surface area (Å²) in [6.45, 7) is 8.75. The van der Waals surface area contributed by atoms with Gasteiger partial charge in [-0.25, -0.2) is 8.42 Å². The molecule has 1 aliphatic heterocycles. The van der Waals surface area contributed by atoms with Crippen molar-refractivity contribution in [3.05, 3.63) is 23.8 Å². The highest BCUT2D eigenvalue weighted by molar-refractivity contribution is 7.92. The fraction of sp³-hybridized carbons (Fsp3) is 0.731. The number of hydrogen-bond donors (Lipinski definition) is 1. The van der Waals surface area contributed by atoms with E-state index in [1.165, 1.54) is 32.1 Å². The number of sulfonamides is 1. The highest BCUT2D eigenvalue weighted by Gasteiger charge is 2.30. The first-order valence-corrected chi connectivity index (χ1v) is 14.6. The largest absolute Gasteiger partial charge is 0.491 e. The Kier molecular flexibility index (Phi) is 9.84. The van der Waals surface area contributed by atoms with Crippen LogP contribution in [0, 0.1) is 11.8 Å². The van der Waals surface area contributed by atoms with Crippen LogP contribution in [0.15, 0.2) is 18.2 Å². The van der Waals surface area contributed by atoms with Crippen molar-refractivity contribution in [1.29, 1.82) is 0 Å². The molecule has 9 heteroatoms. The number of rotatable bonds is 6. The number of nitrogens with one attached hydrogen (secondary N) is 1. The monoisotopic (exact) mass is 509 g/mol. The molecule has 1 aromatic carbocycles. The van der Waals surface area contributed by atoms with Crippen molar-refractivity contribution in [3.8, 4) is 5.75 Å². The molecule has 3 rings (SSSR count). The Morgan fingerprint density at radius 3 is 2.51 bits per heavy atom. The number of amides is 1. The summed E-state index contributed by atoms with van der Waals surface area (Å²) >= 11 is 0. The number of fused-ring (bicyclic) bond motifs is 1. The number of likely N-dealkylation sites (N-methyl/N-ethyl adjacent to an activating group) is 1. The van der Waals surface area contributed by atoms with Crippen molar-refractivity contribution in [2.24, 2.45) is 11.8 Å². The van der Waals surface area contributed by atoms with Gasteiger partial charge in [0.15, 0.2) is 0 Å². The Morgan fingerprint density at radius 2 is 1.86 bits per heavy atom. The molecule has 0 bridgehead atoms. The van der Waals surface area contributed by atoms with E-state index in [1.807, 2.05) is 0 Å².